The second kappa shape index (κ2) is 8.18. The van der Waals surface area contributed by atoms with Crippen LogP contribution in [-0.4, -0.2) is 58.5 Å². The standard InChI is InChI=1S/C19H23FN6O3/c1-24-16-15(17(27)23-19(24)28)26(12-13-2-4-14(20)5-3-13)18(22-16)21-6-7-25-8-10-29-11-9-25/h2-5H,6-12H2,1H3,(H,21,22)(H,23,27,28)/p+1. The van der Waals surface area contributed by atoms with Crippen LogP contribution < -0.4 is 21.5 Å². The number of aryl methyl sites for hydroxylation is 1. The zero-order chi connectivity index (χ0) is 20.4. The molecule has 3 heterocycles. The highest BCUT2D eigenvalue weighted by Crippen LogP contribution is 2.17. The zero-order valence-corrected chi connectivity index (χ0v) is 16.2. The van der Waals surface area contributed by atoms with E-state index in [1.807, 2.05) is 0 Å². The van der Waals surface area contributed by atoms with Gasteiger partial charge in [-0.15, -0.1) is 0 Å². The Balaban J connectivity index is 1.66. The van der Waals surface area contributed by atoms with E-state index in [1.54, 1.807) is 23.7 Å². The predicted molar refractivity (Wildman–Crippen MR) is 106 cm³/mol. The highest BCUT2D eigenvalue weighted by atomic mass is 19.1. The maximum atomic E-state index is 13.3. The molecule has 0 aliphatic carbocycles. The molecule has 0 spiro atoms. The molecule has 1 aromatic carbocycles. The number of nitrogens with zero attached hydrogens (tertiary/aromatic N) is 3. The highest BCUT2D eigenvalue weighted by Gasteiger charge is 2.19. The smallest absolute Gasteiger partial charge is 0.329 e. The van der Waals surface area contributed by atoms with Crippen molar-refractivity contribution in [2.75, 3.05) is 44.7 Å². The molecule has 0 bridgehead atoms. The molecule has 10 heteroatoms. The van der Waals surface area contributed by atoms with Crippen LogP contribution in [0.4, 0.5) is 10.3 Å². The minimum absolute atomic E-state index is 0.303. The number of fused-ring (bicyclic) bond motifs is 1. The molecule has 3 N–H and O–H groups in total. The molecule has 29 heavy (non-hydrogen) atoms. The largest absolute Gasteiger partial charge is 0.370 e. The van der Waals surface area contributed by atoms with Gasteiger partial charge in [0.25, 0.3) is 5.56 Å². The summed E-state index contributed by atoms with van der Waals surface area (Å²) in [4.78, 5) is 32.8. The average Bonchev–Trinajstić information content (AvgIpc) is 3.08. The third-order valence-corrected chi connectivity index (χ3v) is 5.22. The Morgan fingerprint density at radius 2 is 1.97 bits per heavy atom. The second-order valence-electron chi connectivity index (χ2n) is 7.18. The van der Waals surface area contributed by atoms with Gasteiger partial charge < -0.3 is 15.0 Å². The summed E-state index contributed by atoms with van der Waals surface area (Å²) < 4.78 is 21.7. The van der Waals surface area contributed by atoms with Gasteiger partial charge in [0, 0.05) is 7.05 Å². The van der Waals surface area contributed by atoms with Crippen molar-refractivity contribution in [1.29, 1.82) is 0 Å². The summed E-state index contributed by atoms with van der Waals surface area (Å²) in [6, 6.07) is 6.09. The summed E-state index contributed by atoms with van der Waals surface area (Å²) in [5, 5.41) is 3.30. The van der Waals surface area contributed by atoms with Crippen molar-refractivity contribution >= 4 is 17.1 Å². The number of halogens is 1. The molecule has 1 aliphatic heterocycles. The summed E-state index contributed by atoms with van der Waals surface area (Å²) >= 11 is 0. The Kier molecular flexibility index (Phi) is 5.45. The van der Waals surface area contributed by atoms with E-state index in [0.29, 0.717) is 30.2 Å². The quantitative estimate of drug-likeness (QED) is 0.487. The van der Waals surface area contributed by atoms with Gasteiger partial charge in [0.05, 0.1) is 32.8 Å². The summed E-state index contributed by atoms with van der Waals surface area (Å²) in [6.07, 6.45) is 0. The number of hydrogen-bond acceptors (Lipinski definition) is 5. The normalized spacial score (nSPS) is 15.1. The molecule has 0 radical (unpaired) electrons. The lowest BCUT2D eigenvalue weighted by Crippen LogP contribution is -3.14. The number of quaternary nitrogens is 1. The van der Waals surface area contributed by atoms with Crippen LogP contribution in [-0.2, 0) is 18.3 Å². The first kappa shape index (κ1) is 19.3. The van der Waals surface area contributed by atoms with Crippen molar-refractivity contribution in [3.8, 4) is 0 Å². The van der Waals surface area contributed by atoms with E-state index in [2.05, 4.69) is 15.3 Å². The van der Waals surface area contributed by atoms with Crippen LogP contribution in [0.25, 0.3) is 11.2 Å². The van der Waals surface area contributed by atoms with Crippen LogP contribution in [0.5, 0.6) is 0 Å². The minimum atomic E-state index is -0.516. The number of H-pyrrole nitrogens is 1. The maximum Gasteiger partial charge on any atom is 0.329 e. The molecule has 3 aromatic rings. The van der Waals surface area contributed by atoms with Gasteiger partial charge in [-0.1, -0.05) is 12.1 Å². The number of hydrogen-bond donors (Lipinski definition) is 3. The van der Waals surface area contributed by atoms with Crippen molar-refractivity contribution in [3.05, 3.63) is 56.5 Å². The monoisotopic (exact) mass is 403 g/mol. The van der Waals surface area contributed by atoms with Crippen LogP contribution in [0.15, 0.2) is 33.9 Å². The van der Waals surface area contributed by atoms with Crippen molar-refractivity contribution in [3.63, 3.8) is 0 Å². The Hall–Kier alpha value is -2.98. The van der Waals surface area contributed by atoms with Crippen molar-refractivity contribution in [2.45, 2.75) is 6.54 Å². The van der Waals surface area contributed by atoms with Crippen LogP contribution in [0.2, 0.25) is 0 Å². The lowest BCUT2D eigenvalue weighted by molar-refractivity contribution is -0.906. The number of ether oxygens (including phenoxy) is 1. The summed E-state index contributed by atoms with van der Waals surface area (Å²) in [5.41, 5.74) is 0.420. The Morgan fingerprint density at radius 1 is 1.24 bits per heavy atom. The molecule has 4 rings (SSSR count). The summed E-state index contributed by atoms with van der Waals surface area (Å²) in [7, 11) is 1.57. The fourth-order valence-electron chi connectivity index (χ4n) is 3.56. The highest BCUT2D eigenvalue weighted by molar-refractivity contribution is 5.74. The third kappa shape index (κ3) is 4.08. The van der Waals surface area contributed by atoms with Crippen LogP contribution in [0.1, 0.15) is 5.56 Å². The fraction of sp³-hybridized carbons (Fsp3) is 0.421. The number of anilines is 1. The molecular formula is C19H24FN6O3+. The summed E-state index contributed by atoms with van der Waals surface area (Å²) in [6.45, 7) is 5.31. The third-order valence-electron chi connectivity index (χ3n) is 5.22. The SMILES string of the molecule is Cn1c(=O)[nH]c(=O)c2c1nc(NCC[NH+]1CCOCC1)n2Cc1ccc(F)cc1. The molecule has 0 atom stereocenters. The number of imidazole rings is 1. The molecule has 0 saturated carbocycles. The molecule has 154 valence electrons. The molecule has 0 amide bonds. The summed E-state index contributed by atoms with van der Waals surface area (Å²) in [5.74, 6) is 0.181. The van der Waals surface area contributed by atoms with Crippen molar-refractivity contribution < 1.29 is 14.0 Å². The molecule has 1 fully saturated rings. The Labute approximate surface area is 165 Å². The molecule has 9 nitrogen and oxygen atoms in total. The van der Waals surface area contributed by atoms with E-state index in [1.165, 1.54) is 21.6 Å². The number of benzene rings is 1. The van der Waals surface area contributed by atoms with Gasteiger partial charge >= 0.3 is 5.69 Å². The van der Waals surface area contributed by atoms with E-state index in [0.717, 1.165) is 38.4 Å². The minimum Gasteiger partial charge on any atom is -0.370 e. The molecule has 2 aromatic heterocycles. The Bertz CT molecular complexity index is 1110. The van der Waals surface area contributed by atoms with E-state index >= 15 is 0 Å². The number of nitrogens with one attached hydrogen (secondary N) is 3. The van der Waals surface area contributed by atoms with E-state index in [9.17, 15) is 14.0 Å². The van der Waals surface area contributed by atoms with Gasteiger partial charge in [0.15, 0.2) is 11.2 Å². The predicted octanol–water partition coefficient (Wildman–Crippen LogP) is -1.06. The average molecular weight is 403 g/mol. The van der Waals surface area contributed by atoms with Crippen LogP contribution in [0.3, 0.4) is 0 Å². The lowest BCUT2D eigenvalue weighted by atomic mass is 10.2. The van der Waals surface area contributed by atoms with Gasteiger partial charge in [-0.3, -0.25) is 18.9 Å². The number of morpholine rings is 1. The fourth-order valence-corrected chi connectivity index (χ4v) is 3.56. The zero-order valence-electron chi connectivity index (χ0n) is 16.2. The van der Waals surface area contributed by atoms with Gasteiger partial charge in [0.1, 0.15) is 18.9 Å². The maximum absolute atomic E-state index is 13.3. The first-order valence-electron chi connectivity index (χ1n) is 9.62. The van der Waals surface area contributed by atoms with Gasteiger partial charge in [0.2, 0.25) is 5.95 Å². The van der Waals surface area contributed by atoms with E-state index < -0.39 is 11.2 Å². The van der Waals surface area contributed by atoms with Crippen molar-refractivity contribution in [2.24, 2.45) is 7.05 Å². The van der Waals surface area contributed by atoms with Gasteiger partial charge in [-0.2, -0.15) is 4.98 Å². The van der Waals surface area contributed by atoms with Crippen LogP contribution in [0, 0.1) is 5.82 Å². The first-order valence-corrected chi connectivity index (χ1v) is 9.62. The lowest BCUT2D eigenvalue weighted by Gasteiger charge is -2.23. The molecule has 1 saturated heterocycles. The van der Waals surface area contributed by atoms with E-state index in [4.69, 9.17) is 4.74 Å². The Morgan fingerprint density at radius 3 is 2.69 bits per heavy atom. The van der Waals surface area contributed by atoms with Gasteiger partial charge in [-0.25, -0.2) is 9.18 Å². The van der Waals surface area contributed by atoms with Crippen molar-refractivity contribution in [1.82, 2.24) is 19.1 Å². The van der Waals surface area contributed by atoms with E-state index in [-0.39, 0.29) is 5.82 Å². The van der Waals surface area contributed by atoms with Gasteiger partial charge in [-0.05, 0) is 17.7 Å². The molecule has 0 unspecified atom stereocenters. The number of aromatic amines is 1. The van der Waals surface area contributed by atoms with Crippen LogP contribution >= 0.6 is 0 Å². The molecule has 1 aliphatic rings. The molecular weight excluding hydrogens is 379 g/mol. The number of aromatic nitrogens is 4. The topological polar surface area (TPSA) is 98.4 Å². The number of rotatable bonds is 6. The first-order chi connectivity index (χ1) is 14.0. The second-order valence-corrected chi connectivity index (χ2v) is 7.18.